The average Bonchev–Trinajstić information content (AvgIpc) is 3.39. The zero-order valence-electron chi connectivity index (χ0n) is 17.1. The summed E-state index contributed by atoms with van der Waals surface area (Å²) in [5, 5.41) is 3.11. The minimum absolute atomic E-state index is 0.168. The maximum absolute atomic E-state index is 14.1. The van der Waals surface area contributed by atoms with Gasteiger partial charge in [-0.2, -0.15) is 13.2 Å². The first-order chi connectivity index (χ1) is 15.8. The molecular weight excluding hydrogens is 440 g/mol. The highest BCUT2D eigenvalue weighted by atomic mass is 19.4. The van der Waals surface area contributed by atoms with Crippen LogP contribution in [0.2, 0.25) is 0 Å². The molecule has 33 heavy (non-hydrogen) atoms. The number of rotatable bonds is 4. The summed E-state index contributed by atoms with van der Waals surface area (Å²) in [5.41, 5.74) is -0.468. The van der Waals surface area contributed by atoms with Crippen LogP contribution in [0.5, 0.6) is 0 Å². The highest BCUT2D eigenvalue weighted by Crippen LogP contribution is 2.40. The number of alkyl halides is 3. The normalized spacial score (nSPS) is 21.9. The number of nitrogens with one attached hydrogen (secondary N) is 1. The molecule has 2 bridgehead atoms. The Bertz CT molecular complexity index is 1170. The topological polar surface area (TPSA) is 83.9 Å². The van der Waals surface area contributed by atoms with Crippen molar-refractivity contribution in [2.45, 2.75) is 31.1 Å². The monoisotopic (exact) mass is 458 g/mol. The largest absolute Gasteiger partial charge is 0.434 e. The van der Waals surface area contributed by atoms with E-state index in [2.05, 4.69) is 25.3 Å². The van der Waals surface area contributed by atoms with Crippen molar-refractivity contribution in [3.05, 3.63) is 66.1 Å². The third-order valence-electron chi connectivity index (χ3n) is 6.04. The first kappa shape index (κ1) is 21.2. The first-order valence-corrected chi connectivity index (χ1v) is 10.3. The molecule has 1 aliphatic heterocycles. The fraction of sp³-hybridized carbons (Fsp3) is 0.318. The number of carbonyl (C=O) groups excluding carboxylic acids is 1. The van der Waals surface area contributed by atoms with Crippen molar-refractivity contribution < 1.29 is 22.4 Å². The number of benzene rings is 1. The average molecular weight is 458 g/mol. The van der Waals surface area contributed by atoms with Crippen LogP contribution in [0.3, 0.4) is 0 Å². The number of hydrogen-bond acceptors (Lipinski definition) is 6. The second kappa shape index (κ2) is 8.05. The Labute approximate surface area is 185 Å². The van der Waals surface area contributed by atoms with Crippen LogP contribution in [0.25, 0.3) is 11.4 Å². The number of halogens is 4. The summed E-state index contributed by atoms with van der Waals surface area (Å²) >= 11 is 0. The van der Waals surface area contributed by atoms with Gasteiger partial charge in [-0.1, -0.05) is 0 Å². The van der Waals surface area contributed by atoms with Crippen molar-refractivity contribution in [2.24, 2.45) is 5.92 Å². The second-order valence-electron chi connectivity index (χ2n) is 8.16. The minimum Gasteiger partial charge on any atom is -0.364 e. The molecule has 3 heterocycles. The van der Waals surface area contributed by atoms with E-state index < -0.39 is 17.7 Å². The lowest BCUT2D eigenvalue weighted by Crippen LogP contribution is -2.48. The van der Waals surface area contributed by atoms with Crippen molar-refractivity contribution in [1.29, 1.82) is 0 Å². The number of hydrogen-bond donors (Lipinski definition) is 1. The molecule has 7 nitrogen and oxygen atoms in total. The number of piperidine rings is 1. The van der Waals surface area contributed by atoms with Crippen LogP contribution in [-0.4, -0.2) is 49.4 Å². The molecule has 2 fully saturated rings. The number of nitrogens with zero attached hydrogens (tertiary/aromatic N) is 5. The van der Waals surface area contributed by atoms with Gasteiger partial charge in [-0.25, -0.2) is 24.3 Å². The molecule has 1 amide bonds. The molecule has 1 saturated carbocycles. The lowest BCUT2D eigenvalue weighted by molar-refractivity contribution is -0.141. The molecule has 2 unspecified atom stereocenters. The summed E-state index contributed by atoms with van der Waals surface area (Å²) in [6, 6.07) is 5.16. The summed E-state index contributed by atoms with van der Waals surface area (Å²) in [6.07, 6.45) is 1.73. The quantitative estimate of drug-likeness (QED) is 0.599. The summed E-state index contributed by atoms with van der Waals surface area (Å²) in [5.74, 6) is -0.132. The van der Waals surface area contributed by atoms with Gasteiger partial charge in [0.05, 0.1) is 24.0 Å². The van der Waals surface area contributed by atoms with E-state index in [1.807, 2.05) is 0 Å². The Morgan fingerprint density at radius 3 is 2.52 bits per heavy atom. The van der Waals surface area contributed by atoms with E-state index in [4.69, 9.17) is 0 Å². The van der Waals surface area contributed by atoms with E-state index in [1.54, 1.807) is 23.4 Å². The fourth-order valence-electron chi connectivity index (χ4n) is 4.63. The van der Waals surface area contributed by atoms with Gasteiger partial charge in [-0.3, -0.25) is 4.79 Å². The molecule has 3 atom stereocenters. The van der Waals surface area contributed by atoms with Crippen molar-refractivity contribution in [2.75, 3.05) is 11.9 Å². The van der Waals surface area contributed by atoms with Crippen LogP contribution in [0.4, 0.5) is 23.4 Å². The number of fused-ring (bicyclic) bond motifs is 2. The van der Waals surface area contributed by atoms with E-state index >= 15 is 0 Å². The van der Waals surface area contributed by atoms with Gasteiger partial charge in [0.15, 0.2) is 11.5 Å². The Kier molecular flexibility index (Phi) is 5.18. The van der Waals surface area contributed by atoms with Crippen molar-refractivity contribution >= 4 is 11.7 Å². The summed E-state index contributed by atoms with van der Waals surface area (Å²) < 4.78 is 52.2. The first-order valence-electron chi connectivity index (χ1n) is 10.3. The van der Waals surface area contributed by atoms with Gasteiger partial charge in [0, 0.05) is 30.5 Å². The van der Waals surface area contributed by atoms with Gasteiger partial charge in [0.2, 0.25) is 0 Å². The lowest BCUT2D eigenvalue weighted by atomic mass is 10.0. The Hall–Kier alpha value is -3.63. The number of amides is 1. The molecule has 0 spiro atoms. The molecule has 5 rings (SSSR count). The maximum Gasteiger partial charge on any atom is 0.434 e. The van der Waals surface area contributed by atoms with E-state index in [9.17, 15) is 22.4 Å². The standard InChI is InChI=1S/C22H18F4N6O/c23-13-2-3-14(20-27-4-1-5-28-20)15(8-13)21(33)32-11-12-6-16(17(32)7-12)31-19-10-29-18(9-30-19)22(24,25)26/h1-5,8-10,12,16-17H,6-7,11H2,(H,30,31)/t12-,16?,17?/m0/s1. The molecule has 0 radical (unpaired) electrons. The fourth-order valence-corrected chi connectivity index (χ4v) is 4.63. The summed E-state index contributed by atoms with van der Waals surface area (Å²) in [4.78, 5) is 30.8. The third kappa shape index (κ3) is 4.10. The second-order valence-corrected chi connectivity index (χ2v) is 8.16. The zero-order valence-corrected chi connectivity index (χ0v) is 17.1. The number of aromatic nitrogens is 4. The SMILES string of the molecule is O=C(c1cc(F)ccc1-c1ncccn1)N1C[C@H]2CC(Nc3cnc(C(F)(F)F)cn3)C1C2. The molecule has 2 aliphatic rings. The van der Waals surface area contributed by atoms with Gasteiger partial charge >= 0.3 is 6.18 Å². The van der Waals surface area contributed by atoms with E-state index in [-0.39, 0.29) is 35.3 Å². The van der Waals surface area contributed by atoms with Crippen LogP contribution in [-0.2, 0) is 6.18 Å². The predicted molar refractivity (Wildman–Crippen MR) is 109 cm³/mol. The molecule has 170 valence electrons. The van der Waals surface area contributed by atoms with Crippen LogP contribution >= 0.6 is 0 Å². The molecule has 1 aliphatic carbocycles. The van der Waals surface area contributed by atoms with E-state index in [0.717, 1.165) is 19.0 Å². The molecule has 1 N–H and O–H groups in total. The minimum atomic E-state index is -4.56. The highest BCUT2D eigenvalue weighted by molar-refractivity contribution is 6.00. The summed E-state index contributed by atoms with van der Waals surface area (Å²) in [6.45, 7) is 0.520. The summed E-state index contributed by atoms with van der Waals surface area (Å²) in [7, 11) is 0. The van der Waals surface area contributed by atoms with Crippen LogP contribution in [0, 0.1) is 11.7 Å². The molecule has 3 aromatic rings. The van der Waals surface area contributed by atoms with Gasteiger partial charge in [0.1, 0.15) is 11.6 Å². The number of likely N-dealkylation sites (tertiary alicyclic amines) is 1. The number of carbonyl (C=O) groups is 1. The van der Waals surface area contributed by atoms with Crippen molar-refractivity contribution in [1.82, 2.24) is 24.8 Å². The molecular formula is C22H18F4N6O. The van der Waals surface area contributed by atoms with Gasteiger partial charge < -0.3 is 10.2 Å². The zero-order chi connectivity index (χ0) is 23.2. The van der Waals surface area contributed by atoms with Crippen LogP contribution in [0.15, 0.2) is 49.1 Å². The predicted octanol–water partition coefficient (Wildman–Crippen LogP) is 3.81. The maximum atomic E-state index is 14.1. The third-order valence-corrected chi connectivity index (χ3v) is 6.04. The molecule has 1 aromatic carbocycles. The van der Waals surface area contributed by atoms with E-state index in [0.29, 0.717) is 24.1 Å². The van der Waals surface area contributed by atoms with E-state index in [1.165, 1.54) is 18.2 Å². The number of anilines is 1. The Morgan fingerprint density at radius 1 is 1.06 bits per heavy atom. The van der Waals surface area contributed by atoms with Gasteiger partial charge in [0.25, 0.3) is 5.91 Å². The van der Waals surface area contributed by atoms with Crippen molar-refractivity contribution in [3.63, 3.8) is 0 Å². The molecule has 11 heteroatoms. The Balaban J connectivity index is 1.37. The molecule has 2 aromatic heterocycles. The van der Waals surface area contributed by atoms with Crippen LogP contribution < -0.4 is 5.32 Å². The highest BCUT2D eigenvalue weighted by Gasteiger charge is 2.47. The molecule has 1 saturated heterocycles. The smallest absolute Gasteiger partial charge is 0.364 e. The van der Waals surface area contributed by atoms with Crippen LogP contribution in [0.1, 0.15) is 28.9 Å². The Morgan fingerprint density at radius 2 is 1.85 bits per heavy atom. The van der Waals surface area contributed by atoms with Gasteiger partial charge in [-0.15, -0.1) is 0 Å². The lowest BCUT2D eigenvalue weighted by Gasteiger charge is -2.34. The van der Waals surface area contributed by atoms with Crippen molar-refractivity contribution in [3.8, 4) is 11.4 Å². The van der Waals surface area contributed by atoms with Gasteiger partial charge in [-0.05, 0) is 43.0 Å².